The van der Waals surface area contributed by atoms with Crippen molar-refractivity contribution >= 4 is 23.6 Å². The Labute approximate surface area is 129 Å². The van der Waals surface area contributed by atoms with Gasteiger partial charge in [-0.15, -0.1) is 0 Å². The van der Waals surface area contributed by atoms with E-state index in [0.717, 1.165) is 29.9 Å². The zero-order valence-electron chi connectivity index (χ0n) is 12.1. The van der Waals surface area contributed by atoms with Gasteiger partial charge in [0.25, 0.3) is 0 Å². The van der Waals surface area contributed by atoms with Gasteiger partial charge in [0.2, 0.25) is 11.8 Å². The van der Waals surface area contributed by atoms with Crippen molar-refractivity contribution in [3.8, 4) is 0 Å². The lowest BCUT2D eigenvalue weighted by Gasteiger charge is -2.44. The molecule has 0 spiro atoms. The summed E-state index contributed by atoms with van der Waals surface area (Å²) in [6.45, 7) is 1.77. The predicted octanol–water partition coefficient (Wildman–Crippen LogP) is 1.97. The minimum atomic E-state index is -0.487. The van der Waals surface area contributed by atoms with Crippen molar-refractivity contribution in [3.63, 3.8) is 0 Å². The molecule has 2 saturated heterocycles. The largest absolute Gasteiger partial charge is 0.342 e. The van der Waals surface area contributed by atoms with Crippen LogP contribution >= 0.6 is 11.8 Å². The molecule has 0 saturated carbocycles. The van der Waals surface area contributed by atoms with Gasteiger partial charge in [0, 0.05) is 11.8 Å². The lowest BCUT2D eigenvalue weighted by Crippen LogP contribution is -2.61. The zero-order chi connectivity index (χ0) is 14.8. The van der Waals surface area contributed by atoms with E-state index in [2.05, 4.69) is 5.32 Å². The molecule has 2 aliphatic heterocycles. The summed E-state index contributed by atoms with van der Waals surface area (Å²) in [6.07, 6.45) is 2.10. The van der Waals surface area contributed by atoms with Crippen LogP contribution in [0, 0.1) is 0 Å². The Kier molecular flexibility index (Phi) is 4.19. The van der Waals surface area contributed by atoms with Crippen LogP contribution in [0.2, 0.25) is 0 Å². The minimum absolute atomic E-state index is 0.0379. The molecule has 2 heterocycles. The van der Waals surface area contributed by atoms with Crippen molar-refractivity contribution < 1.29 is 9.59 Å². The van der Waals surface area contributed by atoms with Gasteiger partial charge in [0.15, 0.2) is 0 Å². The lowest BCUT2D eigenvalue weighted by atomic mass is 9.96. The van der Waals surface area contributed by atoms with Gasteiger partial charge >= 0.3 is 0 Å². The molecule has 2 aliphatic rings. The maximum atomic E-state index is 12.7. The Hall–Kier alpha value is -1.49. The fourth-order valence-corrected chi connectivity index (χ4v) is 4.25. The topological polar surface area (TPSA) is 49.4 Å². The van der Waals surface area contributed by atoms with Crippen molar-refractivity contribution in [1.82, 2.24) is 10.2 Å². The molecule has 0 aromatic heterocycles. The second kappa shape index (κ2) is 6.10. The van der Waals surface area contributed by atoms with Crippen LogP contribution in [0.4, 0.5) is 0 Å². The molecule has 1 N–H and O–H groups in total. The fourth-order valence-electron chi connectivity index (χ4n) is 3.11. The average Bonchev–Trinajstić information content (AvgIpc) is 2.52. The highest BCUT2D eigenvalue weighted by Crippen LogP contribution is 2.32. The summed E-state index contributed by atoms with van der Waals surface area (Å²) in [5.41, 5.74) is 0.894. The van der Waals surface area contributed by atoms with Gasteiger partial charge in [-0.25, -0.2) is 0 Å². The predicted molar refractivity (Wildman–Crippen MR) is 84.0 cm³/mol. The summed E-state index contributed by atoms with van der Waals surface area (Å²) in [7, 11) is 0. The average molecular weight is 304 g/mol. The molecule has 0 bridgehead atoms. The van der Waals surface area contributed by atoms with E-state index < -0.39 is 12.1 Å². The molecule has 3 rings (SSSR count). The summed E-state index contributed by atoms with van der Waals surface area (Å²) in [5.74, 6) is 2.05. The summed E-state index contributed by atoms with van der Waals surface area (Å²) in [4.78, 5) is 27.0. The molecule has 3 atom stereocenters. The number of thioether (sulfide) groups is 1. The third kappa shape index (κ3) is 2.79. The summed E-state index contributed by atoms with van der Waals surface area (Å²) in [5, 5.41) is 2.81. The molecule has 0 radical (unpaired) electrons. The number of hydrogen-bond donors (Lipinski definition) is 1. The van der Waals surface area contributed by atoms with E-state index in [1.807, 2.05) is 47.0 Å². The molecule has 1 aromatic rings. The molecule has 0 aliphatic carbocycles. The van der Waals surface area contributed by atoms with E-state index in [4.69, 9.17) is 0 Å². The van der Waals surface area contributed by atoms with Gasteiger partial charge in [-0.1, -0.05) is 30.3 Å². The first-order valence-electron chi connectivity index (χ1n) is 7.43. The highest BCUT2D eigenvalue weighted by molar-refractivity contribution is 7.99. The van der Waals surface area contributed by atoms with E-state index in [-0.39, 0.29) is 17.9 Å². The standard InChI is InChI=1S/C16H20N2O2S/c1-11-16(20)18(13-8-5-9-21-10-13)14(15(19)17-11)12-6-3-2-4-7-12/h2-4,6-7,11,13-14H,5,8-10H2,1H3,(H,17,19). The molecule has 3 unspecified atom stereocenters. The van der Waals surface area contributed by atoms with E-state index in [1.165, 1.54) is 0 Å². The number of amides is 2. The Bertz CT molecular complexity index is 528. The number of rotatable bonds is 2. The van der Waals surface area contributed by atoms with Crippen LogP contribution in [0.5, 0.6) is 0 Å². The van der Waals surface area contributed by atoms with E-state index >= 15 is 0 Å². The summed E-state index contributed by atoms with van der Waals surface area (Å²) < 4.78 is 0. The quantitative estimate of drug-likeness (QED) is 0.909. The minimum Gasteiger partial charge on any atom is -0.342 e. The molecule has 4 nitrogen and oxygen atoms in total. The van der Waals surface area contributed by atoms with Gasteiger partial charge in [-0.05, 0) is 31.1 Å². The molecule has 21 heavy (non-hydrogen) atoms. The van der Waals surface area contributed by atoms with Gasteiger partial charge in [0.1, 0.15) is 12.1 Å². The maximum absolute atomic E-state index is 12.7. The van der Waals surface area contributed by atoms with Gasteiger partial charge in [-0.2, -0.15) is 11.8 Å². The number of benzene rings is 1. The van der Waals surface area contributed by atoms with Crippen molar-refractivity contribution in [2.24, 2.45) is 0 Å². The number of carbonyl (C=O) groups excluding carboxylic acids is 2. The lowest BCUT2D eigenvalue weighted by molar-refractivity contribution is -0.151. The SMILES string of the molecule is CC1NC(=O)C(c2ccccc2)N(C2CCCSC2)C1=O. The first-order valence-corrected chi connectivity index (χ1v) is 8.59. The van der Waals surface area contributed by atoms with Crippen LogP contribution in [0.25, 0.3) is 0 Å². The van der Waals surface area contributed by atoms with E-state index in [1.54, 1.807) is 6.92 Å². The van der Waals surface area contributed by atoms with E-state index in [0.29, 0.717) is 0 Å². The summed E-state index contributed by atoms with van der Waals surface area (Å²) in [6, 6.07) is 8.86. The highest BCUT2D eigenvalue weighted by Gasteiger charge is 2.43. The van der Waals surface area contributed by atoms with Gasteiger partial charge < -0.3 is 10.2 Å². The number of nitrogens with one attached hydrogen (secondary N) is 1. The smallest absolute Gasteiger partial charge is 0.248 e. The second-order valence-corrected chi connectivity index (χ2v) is 6.81. The number of piperazine rings is 1. The Morgan fingerprint density at radius 3 is 2.67 bits per heavy atom. The van der Waals surface area contributed by atoms with Gasteiger partial charge in [0.05, 0.1) is 0 Å². The molecule has 5 heteroatoms. The normalized spacial score (nSPS) is 30.1. The van der Waals surface area contributed by atoms with Crippen molar-refractivity contribution in [2.75, 3.05) is 11.5 Å². The fraction of sp³-hybridized carbons (Fsp3) is 0.500. The molecule has 112 valence electrons. The number of carbonyl (C=O) groups is 2. The van der Waals surface area contributed by atoms with Crippen molar-refractivity contribution in [2.45, 2.75) is 37.9 Å². The maximum Gasteiger partial charge on any atom is 0.248 e. The molecular formula is C16H20N2O2S. The molecule has 1 aromatic carbocycles. The van der Waals surface area contributed by atoms with Crippen molar-refractivity contribution in [3.05, 3.63) is 35.9 Å². The van der Waals surface area contributed by atoms with Crippen LogP contribution in [0.1, 0.15) is 31.4 Å². The highest BCUT2D eigenvalue weighted by atomic mass is 32.2. The Morgan fingerprint density at radius 1 is 1.24 bits per heavy atom. The third-order valence-electron chi connectivity index (χ3n) is 4.16. The first-order chi connectivity index (χ1) is 10.2. The number of nitrogens with zero attached hydrogens (tertiary/aromatic N) is 1. The molecule has 2 fully saturated rings. The van der Waals surface area contributed by atoms with Crippen molar-refractivity contribution in [1.29, 1.82) is 0 Å². The van der Waals surface area contributed by atoms with E-state index in [9.17, 15) is 9.59 Å². The third-order valence-corrected chi connectivity index (χ3v) is 5.35. The molecule has 2 amide bonds. The van der Waals surface area contributed by atoms with Crippen LogP contribution in [0.3, 0.4) is 0 Å². The van der Waals surface area contributed by atoms with Crippen LogP contribution in [-0.2, 0) is 9.59 Å². The van der Waals surface area contributed by atoms with Crippen LogP contribution in [0.15, 0.2) is 30.3 Å². The Morgan fingerprint density at radius 2 is 2.00 bits per heavy atom. The molecular weight excluding hydrogens is 284 g/mol. The number of hydrogen-bond acceptors (Lipinski definition) is 3. The first kappa shape index (κ1) is 14.4. The Balaban J connectivity index is 1.96. The van der Waals surface area contributed by atoms with Gasteiger partial charge in [-0.3, -0.25) is 9.59 Å². The van der Waals surface area contributed by atoms with Crippen LogP contribution in [-0.4, -0.2) is 40.3 Å². The zero-order valence-corrected chi connectivity index (χ0v) is 12.9. The second-order valence-electron chi connectivity index (χ2n) is 5.66. The van der Waals surface area contributed by atoms with Crippen LogP contribution < -0.4 is 5.32 Å². The summed E-state index contributed by atoms with van der Waals surface area (Å²) >= 11 is 1.87. The monoisotopic (exact) mass is 304 g/mol.